The molecular formula is C25H27F5N8O. The van der Waals surface area contributed by atoms with Crippen molar-refractivity contribution in [2.75, 3.05) is 56.8 Å². The Kier molecular flexibility index (Phi) is 7.77. The predicted octanol–water partition coefficient (Wildman–Crippen LogP) is 4.57. The van der Waals surface area contributed by atoms with Gasteiger partial charge in [-0.3, -0.25) is 0 Å². The number of hydrogen-bond acceptors (Lipinski definition) is 8. The Labute approximate surface area is 221 Å². The van der Waals surface area contributed by atoms with Crippen molar-refractivity contribution in [3.63, 3.8) is 0 Å². The van der Waals surface area contributed by atoms with Crippen LogP contribution >= 0.6 is 0 Å². The second-order valence-electron chi connectivity index (χ2n) is 9.18. The average Bonchev–Trinajstić information content (AvgIpc) is 3.17. The molecule has 0 unspecified atom stereocenters. The highest BCUT2D eigenvalue weighted by Crippen LogP contribution is 2.37. The van der Waals surface area contributed by atoms with Gasteiger partial charge in [-0.2, -0.15) is 13.2 Å². The number of nitrogen functional groups attached to an aromatic ring is 1. The van der Waals surface area contributed by atoms with Crippen LogP contribution < -0.4 is 20.7 Å². The Morgan fingerprint density at radius 1 is 1.05 bits per heavy atom. The molecule has 4 aromatic rings. The van der Waals surface area contributed by atoms with Gasteiger partial charge in [-0.25, -0.2) is 23.7 Å². The molecule has 2 aromatic carbocycles. The molecule has 0 amide bonds. The fourth-order valence-electron chi connectivity index (χ4n) is 3.92. The number of ether oxygens (including phenoxy) is 1. The molecule has 4 rings (SSSR count). The van der Waals surface area contributed by atoms with Gasteiger partial charge in [-0.1, -0.05) is 0 Å². The summed E-state index contributed by atoms with van der Waals surface area (Å²) in [6.45, 7) is -0.264. The third kappa shape index (κ3) is 6.45. The summed E-state index contributed by atoms with van der Waals surface area (Å²) in [4.78, 5) is 16.6. The first-order chi connectivity index (χ1) is 18.3. The Bertz CT molecular complexity index is 1490. The molecule has 0 aliphatic rings. The quantitative estimate of drug-likeness (QED) is 0.231. The first kappa shape index (κ1) is 27.8. The van der Waals surface area contributed by atoms with Crippen LogP contribution in [0.5, 0.6) is 5.75 Å². The molecule has 0 saturated carbocycles. The summed E-state index contributed by atoms with van der Waals surface area (Å²) in [5.74, 6) is -1.43. The number of aromatic nitrogens is 4. The van der Waals surface area contributed by atoms with Crippen LogP contribution in [-0.2, 0) is 7.05 Å². The van der Waals surface area contributed by atoms with Crippen LogP contribution in [0.4, 0.5) is 45.0 Å². The number of imidazole rings is 1. The smallest absolute Gasteiger partial charge is 0.422 e. The van der Waals surface area contributed by atoms with Crippen molar-refractivity contribution < 1.29 is 26.7 Å². The lowest BCUT2D eigenvalue weighted by atomic mass is 10.2. The van der Waals surface area contributed by atoms with E-state index < -0.39 is 24.4 Å². The summed E-state index contributed by atoms with van der Waals surface area (Å²) in [5.41, 5.74) is 7.59. The molecule has 2 aromatic heterocycles. The van der Waals surface area contributed by atoms with E-state index >= 15 is 0 Å². The molecule has 14 heteroatoms. The van der Waals surface area contributed by atoms with Gasteiger partial charge in [0.15, 0.2) is 18.2 Å². The van der Waals surface area contributed by atoms with E-state index in [0.29, 0.717) is 24.5 Å². The lowest BCUT2D eigenvalue weighted by Crippen LogP contribution is -2.29. The van der Waals surface area contributed by atoms with E-state index in [1.54, 1.807) is 14.1 Å². The van der Waals surface area contributed by atoms with E-state index in [1.165, 1.54) is 29.0 Å². The lowest BCUT2D eigenvalue weighted by Gasteiger charge is -2.25. The minimum Gasteiger partial charge on any atom is -0.482 e. The zero-order valence-electron chi connectivity index (χ0n) is 21.6. The number of benzene rings is 2. The van der Waals surface area contributed by atoms with Crippen LogP contribution in [0.3, 0.4) is 0 Å². The van der Waals surface area contributed by atoms with Crippen molar-refractivity contribution >= 4 is 34.0 Å². The van der Waals surface area contributed by atoms with Gasteiger partial charge in [-0.05, 0) is 26.2 Å². The minimum atomic E-state index is -4.57. The highest BCUT2D eigenvalue weighted by atomic mass is 19.4. The maximum Gasteiger partial charge on any atom is 0.422 e. The monoisotopic (exact) mass is 550 g/mol. The van der Waals surface area contributed by atoms with Gasteiger partial charge < -0.3 is 30.2 Å². The molecule has 0 spiro atoms. The van der Waals surface area contributed by atoms with Gasteiger partial charge in [0.25, 0.3) is 0 Å². The Hall–Kier alpha value is -4.20. The van der Waals surface area contributed by atoms with Crippen molar-refractivity contribution in [3.8, 4) is 17.3 Å². The van der Waals surface area contributed by atoms with Crippen molar-refractivity contribution in [1.29, 1.82) is 0 Å². The standard InChI is InChI=1S/C25H27F5N8O/c1-36(2)7-8-37(3)20-12-21(39-13-25(28,29)30)18(11-16(20)31)35-24-32-6-5-17(34-24)23-33-19-10-14(26)9-15(27)22(19)38(23)4/h5-6,9-12H,7-8,13,31H2,1-4H3,(H,32,34,35). The normalized spacial score (nSPS) is 11.8. The largest absolute Gasteiger partial charge is 0.482 e. The summed E-state index contributed by atoms with van der Waals surface area (Å²) in [6, 6.07) is 6.24. The Balaban J connectivity index is 1.69. The summed E-state index contributed by atoms with van der Waals surface area (Å²) in [7, 11) is 7.13. The molecule has 39 heavy (non-hydrogen) atoms. The van der Waals surface area contributed by atoms with Gasteiger partial charge >= 0.3 is 6.18 Å². The number of nitrogens with two attached hydrogens (primary N) is 1. The topological polar surface area (TPSA) is 97.4 Å². The van der Waals surface area contributed by atoms with Crippen LogP contribution in [0.2, 0.25) is 0 Å². The molecule has 0 saturated heterocycles. The molecular weight excluding hydrogens is 523 g/mol. The zero-order valence-corrected chi connectivity index (χ0v) is 21.6. The maximum atomic E-state index is 14.4. The molecule has 9 nitrogen and oxygen atoms in total. The summed E-state index contributed by atoms with van der Waals surface area (Å²) < 4.78 is 73.6. The second-order valence-corrected chi connectivity index (χ2v) is 9.18. The fourth-order valence-corrected chi connectivity index (χ4v) is 3.92. The second kappa shape index (κ2) is 10.9. The molecule has 0 bridgehead atoms. The number of anilines is 4. The zero-order chi connectivity index (χ0) is 28.5. The molecule has 0 radical (unpaired) electrons. The van der Waals surface area contributed by atoms with Gasteiger partial charge in [0.05, 0.1) is 22.6 Å². The molecule has 0 aliphatic carbocycles. The molecule has 208 valence electrons. The molecule has 0 fully saturated rings. The van der Waals surface area contributed by atoms with Gasteiger partial charge in [-0.15, -0.1) is 0 Å². The number of nitrogens with zero attached hydrogens (tertiary/aromatic N) is 6. The first-order valence-corrected chi connectivity index (χ1v) is 11.7. The highest BCUT2D eigenvalue weighted by molar-refractivity contribution is 5.81. The van der Waals surface area contributed by atoms with E-state index in [2.05, 4.69) is 20.3 Å². The van der Waals surface area contributed by atoms with E-state index in [0.717, 1.165) is 12.1 Å². The van der Waals surface area contributed by atoms with Crippen LogP contribution in [0.15, 0.2) is 36.5 Å². The van der Waals surface area contributed by atoms with Gasteiger partial charge in [0.1, 0.15) is 22.8 Å². The fraction of sp³-hybridized carbons (Fsp3) is 0.320. The van der Waals surface area contributed by atoms with E-state index in [1.807, 2.05) is 23.9 Å². The minimum absolute atomic E-state index is 0.00354. The Morgan fingerprint density at radius 2 is 1.79 bits per heavy atom. The van der Waals surface area contributed by atoms with E-state index in [4.69, 9.17) is 10.5 Å². The third-order valence-corrected chi connectivity index (χ3v) is 5.83. The molecule has 2 heterocycles. The molecule has 3 N–H and O–H groups in total. The third-order valence-electron chi connectivity index (χ3n) is 5.83. The number of hydrogen-bond donors (Lipinski definition) is 2. The van der Waals surface area contributed by atoms with Crippen LogP contribution in [-0.4, -0.2) is 71.4 Å². The molecule has 0 aliphatic heterocycles. The van der Waals surface area contributed by atoms with Gasteiger partial charge in [0, 0.05) is 51.6 Å². The van der Waals surface area contributed by atoms with Crippen molar-refractivity contribution in [1.82, 2.24) is 24.4 Å². The summed E-state index contributed by atoms with van der Waals surface area (Å²) >= 11 is 0. The number of alkyl halides is 3. The number of likely N-dealkylation sites (N-methyl/N-ethyl adjacent to an activating group) is 2. The first-order valence-electron chi connectivity index (χ1n) is 11.7. The van der Waals surface area contributed by atoms with Crippen molar-refractivity contribution in [2.24, 2.45) is 7.05 Å². The average molecular weight is 551 g/mol. The number of fused-ring (bicyclic) bond motifs is 1. The Morgan fingerprint density at radius 3 is 2.49 bits per heavy atom. The number of rotatable bonds is 9. The summed E-state index contributed by atoms with van der Waals surface area (Å²) in [5, 5.41) is 2.86. The van der Waals surface area contributed by atoms with Crippen LogP contribution in [0, 0.1) is 11.6 Å². The van der Waals surface area contributed by atoms with Gasteiger partial charge in [0.2, 0.25) is 5.95 Å². The van der Waals surface area contributed by atoms with Crippen molar-refractivity contribution in [2.45, 2.75) is 6.18 Å². The predicted molar refractivity (Wildman–Crippen MR) is 139 cm³/mol. The highest BCUT2D eigenvalue weighted by Gasteiger charge is 2.29. The SMILES string of the molecule is CN(C)CCN(C)c1cc(OCC(F)(F)F)c(Nc2nccc(-c3nc4cc(F)cc(F)c4n3C)n2)cc1N. The van der Waals surface area contributed by atoms with Crippen molar-refractivity contribution in [3.05, 3.63) is 48.2 Å². The van der Waals surface area contributed by atoms with Crippen LogP contribution in [0.1, 0.15) is 0 Å². The van der Waals surface area contributed by atoms with E-state index in [-0.39, 0.29) is 39.9 Å². The van der Waals surface area contributed by atoms with E-state index in [9.17, 15) is 22.0 Å². The maximum absolute atomic E-state index is 14.4. The number of nitrogens with one attached hydrogen (secondary N) is 1. The van der Waals surface area contributed by atoms with Crippen LogP contribution in [0.25, 0.3) is 22.6 Å². The number of aryl methyl sites for hydroxylation is 1. The molecule has 0 atom stereocenters. The lowest BCUT2D eigenvalue weighted by molar-refractivity contribution is -0.153. The number of halogens is 5. The summed E-state index contributed by atoms with van der Waals surface area (Å²) in [6.07, 6.45) is -3.18.